The van der Waals surface area contributed by atoms with E-state index in [1.807, 2.05) is 24.3 Å². The van der Waals surface area contributed by atoms with Crippen LogP contribution in [0, 0.1) is 0 Å². The Kier molecular flexibility index (Phi) is 7.32. The second-order valence-electron chi connectivity index (χ2n) is 7.47. The number of nitrogens with one attached hydrogen (secondary N) is 1. The zero-order chi connectivity index (χ0) is 24.7. The number of hydrogen-bond donors (Lipinski definition) is 1. The van der Waals surface area contributed by atoms with E-state index in [1.54, 1.807) is 67.8 Å². The molecule has 0 atom stereocenters. The predicted octanol–water partition coefficient (Wildman–Crippen LogP) is 5.29. The monoisotopic (exact) mass is 489 g/mol. The molecule has 0 heterocycles. The van der Waals surface area contributed by atoms with Crippen molar-refractivity contribution < 1.29 is 27.4 Å². The molecule has 0 aromatic heterocycles. The number of ether oxygens (including phenoxy) is 3. The quantitative estimate of drug-likeness (QED) is 0.254. The third kappa shape index (κ3) is 6.18. The first-order valence-corrected chi connectivity index (χ1v) is 12.2. The van der Waals surface area contributed by atoms with Gasteiger partial charge in [0.15, 0.2) is 0 Å². The summed E-state index contributed by atoms with van der Waals surface area (Å²) >= 11 is 0. The summed E-state index contributed by atoms with van der Waals surface area (Å²) in [6.45, 7) is 0.188. The number of sulfonamides is 1. The van der Waals surface area contributed by atoms with Gasteiger partial charge in [-0.3, -0.25) is 4.72 Å². The molecule has 0 radical (unpaired) electrons. The normalized spacial score (nSPS) is 10.9. The first kappa shape index (κ1) is 23.8. The van der Waals surface area contributed by atoms with Gasteiger partial charge < -0.3 is 14.2 Å². The molecule has 7 nitrogen and oxygen atoms in total. The van der Waals surface area contributed by atoms with Crippen LogP contribution in [-0.4, -0.2) is 21.5 Å². The lowest BCUT2D eigenvalue weighted by Gasteiger charge is -2.15. The maximum Gasteiger partial charge on any atom is 0.343 e. The number of rotatable bonds is 9. The van der Waals surface area contributed by atoms with Gasteiger partial charge in [0, 0.05) is 6.07 Å². The van der Waals surface area contributed by atoms with Gasteiger partial charge in [0.25, 0.3) is 10.0 Å². The number of carbonyl (C=O) groups is 1. The summed E-state index contributed by atoms with van der Waals surface area (Å²) in [6.07, 6.45) is 0. The van der Waals surface area contributed by atoms with Crippen LogP contribution in [0.4, 0.5) is 5.69 Å². The van der Waals surface area contributed by atoms with E-state index in [2.05, 4.69) is 4.72 Å². The van der Waals surface area contributed by atoms with Crippen LogP contribution in [0.5, 0.6) is 17.2 Å². The fourth-order valence-electron chi connectivity index (χ4n) is 3.20. The Morgan fingerprint density at radius 3 is 2.09 bits per heavy atom. The zero-order valence-electron chi connectivity index (χ0n) is 18.9. The molecule has 178 valence electrons. The lowest BCUT2D eigenvalue weighted by molar-refractivity contribution is 0.0734. The van der Waals surface area contributed by atoms with Gasteiger partial charge in [0.05, 0.1) is 23.3 Å². The van der Waals surface area contributed by atoms with Crippen molar-refractivity contribution in [3.8, 4) is 17.2 Å². The number of methoxy groups -OCH3 is 1. The summed E-state index contributed by atoms with van der Waals surface area (Å²) in [5.41, 5.74) is 1.38. The van der Waals surface area contributed by atoms with Crippen LogP contribution in [-0.2, 0) is 16.6 Å². The number of carbonyl (C=O) groups excluding carboxylic acids is 1. The Labute approximate surface area is 204 Å². The van der Waals surface area contributed by atoms with Crippen LogP contribution in [0.3, 0.4) is 0 Å². The molecule has 4 aromatic rings. The average Bonchev–Trinajstić information content (AvgIpc) is 2.89. The largest absolute Gasteiger partial charge is 0.497 e. The predicted molar refractivity (Wildman–Crippen MR) is 132 cm³/mol. The topological polar surface area (TPSA) is 90.9 Å². The van der Waals surface area contributed by atoms with Gasteiger partial charge >= 0.3 is 5.97 Å². The van der Waals surface area contributed by atoms with Crippen molar-refractivity contribution in [1.29, 1.82) is 0 Å². The molecule has 0 amide bonds. The summed E-state index contributed by atoms with van der Waals surface area (Å²) < 4.78 is 45.0. The highest BCUT2D eigenvalue weighted by atomic mass is 32.2. The highest BCUT2D eigenvalue weighted by molar-refractivity contribution is 7.92. The molecule has 0 fully saturated rings. The first-order valence-electron chi connectivity index (χ1n) is 10.7. The Morgan fingerprint density at radius 2 is 1.43 bits per heavy atom. The van der Waals surface area contributed by atoms with Crippen LogP contribution in [0.15, 0.2) is 108 Å². The standard InChI is InChI=1S/C27H23NO6S/c1-32-22-14-12-20(13-15-22)19-33-26-17-16-23(34-27(29)21-8-4-2-5-9-21)18-25(26)28-35(30,31)24-10-6-3-7-11-24/h2-18,28H,19H2,1H3. The van der Waals surface area contributed by atoms with Crippen molar-refractivity contribution in [1.82, 2.24) is 0 Å². The number of benzene rings is 4. The van der Waals surface area contributed by atoms with Gasteiger partial charge in [-0.2, -0.15) is 0 Å². The van der Waals surface area contributed by atoms with Gasteiger partial charge in [0.1, 0.15) is 23.9 Å². The molecule has 0 bridgehead atoms. The van der Waals surface area contributed by atoms with E-state index in [1.165, 1.54) is 18.2 Å². The first-order chi connectivity index (χ1) is 16.9. The van der Waals surface area contributed by atoms with Crippen LogP contribution < -0.4 is 18.9 Å². The minimum Gasteiger partial charge on any atom is -0.497 e. The van der Waals surface area contributed by atoms with Gasteiger partial charge in [-0.15, -0.1) is 0 Å². The van der Waals surface area contributed by atoms with Crippen LogP contribution >= 0.6 is 0 Å². The van der Waals surface area contributed by atoms with E-state index < -0.39 is 16.0 Å². The maximum absolute atomic E-state index is 13.0. The fourth-order valence-corrected chi connectivity index (χ4v) is 4.29. The molecule has 0 unspecified atom stereocenters. The molecular weight excluding hydrogens is 466 g/mol. The third-order valence-electron chi connectivity index (χ3n) is 5.02. The summed E-state index contributed by atoms with van der Waals surface area (Å²) in [5.74, 6) is 0.602. The van der Waals surface area contributed by atoms with E-state index in [-0.39, 0.29) is 28.7 Å². The highest BCUT2D eigenvalue weighted by Crippen LogP contribution is 2.32. The smallest absolute Gasteiger partial charge is 0.343 e. The number of hydrogen-bond acceptors (Lipinski definition) is 6. The second kappa shape index (κ2) is 10.8. The van der Waals surface area contributed by atoms with Gasteiger partial charge in [0.2, 0.25) is 0 Å². The summed E-state index contributed by atoms with van der Waals surface area (Å²) in [5, 5.41) is 0. The van der Waals surface area contributed by atoms with Gasteiger partial charge in [-0.1, -0.05) is 48.5 Å². The summed E-state index contributed by atoms with van der Waals surface area (Å²) in [7, 11) is -2.33. The van der Waals surface area contributed by atoms with Crippen molar-refractivity contribution in [2.75, 3.05) is 11.8 Å². The molecule has 0 aliphatic rings. The molecule has 0 saturated heterocycles. The lowest BCUT2D eigenvalue weighted by atomic mass is 10.2. The van der Waals surface area contributed by atoms with Crippen molar-refractivity contribution in [3.05, 3.63) is 114 Å². The van der Waals surface area contributed by atoms with Crippen LogP contribution in [0.25, 0.3) is 0 Å². The fraction of sp³-hybridized carbons (Fsp3) is 0.0741. The number of esters is 1. The second-order valence-corrected chi connectivity index (χ2v) is 9.15. The molecule has 8 heteroatoms. The molecule has 0 spiro atoms. The summed E-state index contributed by atoms with van der Waals surface area (Å²) in [6, 6.07) is 28.3. The zero-order valence-corrected chi connectivity index (χ0v) is 19.7. The lowest BCUT2D eigenvalue weighted by Crippen LogP contribution is -2.14. The Morgan fingerprint density at radius 1 is 0.800 bits per heavy atom. The van der Waals surface area contributed by atoms with E-state index in [0.717, 1.165) is 11.3 Å². The van der Waals surface area contributed by atoms with E-state index in [9.17, 15) is 13.2 Å². The number of anilines is 1. The van der Waals surface area contributed by atoms with E-state index >= 15 is 0 Å². The molecule has 0 saturated carbocycles. The molecular formula is C27H23NO6S. The average molecular weight is 490 g/mol. The van der Waals surface area contributed by atoms with Crippen LogP contribution in [0.1, 0.15) is 15.9 Å². The van der Waals surface area contributed by atoms with Gasteiger partial charge in [-0.25, -0.2) is 13.2 Å². The van der Waals surface area contributed by atoms with Crippen molar-refractivity contribution >= 4 is 21.7 Å². The summed E-state index contributed by atoms with van der Waals surface area (Å²) in [4.78, 5) is 12.6. The Hall–Kier alpha value is -4.30. The SMILES string of the molecule is COc1ccc(COc2ccc(OC(=O)c3ccccc3)cc2NS(=O)(=O)c2ccccc2)cc1. The van der Waals surface area contributed by atoms with Gasteiger partial charge in [-0.05, 0) is 54.1 Å². The molecule has 0 aliphatic carbocycles. The Balaban J connectivity index is 1.60. The van der Waals surface area contributed by atoms with E-state index in [0.29, 0.717) is 5.56 Å². The minimum atomic E-state index is -3.91. The van der Waals surface area contributed by atoms with Crippen molar-refractivity contribution in [2.24, 2.45) is 0 Å². The molecule has 35 heavy (non-hydrogen) atoms. The molecule has 0 aliphatic heterocycles. The maximum atomic E-state index is 13.0. The van der Waals surface area contributed by atoms with E-state index in [4.69, 9.17) is 14.2 Å². The Bertz CT molecular complexity index is 1390. The molecule has 4 rings (SSSR count). The molecule has 4 aromatic carbocycles. The van der Waals surface area contributed by atoms with Crippen LogP contribution in [0.2, 0.25) is 0 Å². The minimum absolute atomic E-state index is 0.0905. The molecule has 1 N–H and O–H groups in total. The van der Waals surface area contributed by atoms with Crippen molar-refractivity contribution in [2.45, 2.75) is 11.5 Å². The van der Waals surface area contributed by atoms with Crippen molar-refractivity contribution in [3.63, 3.8) is 0 Å². The third-order valence-corrected chi connectivity index (χ3v) is 6.40. The highest BCUT2D eigenvalue weighted by Gasteiger charge is 2.18.